The van der Waals surface area contributed by atoms with E-state index in [-0.39, 0.29) is 0 Å². The highest BCUT2D eigenvalue weighted by Gasteiger charge is 2.27. The third kappa shape index (κ3) is 5.01. The molecule has 0 aliphatic heterocycles. The van der Waals surface area contributed by atoms with Crippen LogP contribution in [0.4, 0.5) is 11.4 Å². The van der Waals surface area contributed by atoms with E-state index in [4.69, 9.17) is 8.83 Å². The van der Waals surface area contributed by atoms with Gasteiger partial charge in [0.2, 0.25) is 0 Å². The van der Waals surface area contributed by atoms with Crippen LogP contribution in [0.15, 0.2) is 209 Å². The largest absolute Gasteiger partial charge is 0.455 e. The molecular formula is C54H36N2O2. The van der Waals surface area contributed by atoms with Crippen LogP contribution in [0.2, 0.25) is 0 Å². The van der Waals surface area contributed by atoms with Crippen molar-refractivity contribution in [1.29, 1.82) is 0 Å². The van der Waals surface area contributed by atoms with E-state index >= 15 is 0 Å². The first-order valence-corrected chi connectivity index (χ1v) is 20.0. The summed E-state index contributed by atoms with van der Waals surface area (Å²) in [5.74, 6) is 0. The predicted molar refractivity (Wildman–Crippen MR) is 241 cm³/mol. The summed E-state index contributed by atoms with van der Waals surface area (Å²) in [5, 5.41) is 6.89. The molecule has 3 aromatic heterocycles. The Labute approximate surface area is 334 Å². The summed E-state index contributed by atoms with van der Waals surface area (Å²) in [5.41, 5.74) is 14.9. The molecule has 8 aromatic carbocycles. The van der Waals surface area contributed by atoms with Crippen molar-refractivity contribution in [1.82, 2.24) is 4.57 Å². The molecule has 0 spiro atoms. The van der Waals surface area contributed by atoms with Crippen molar-refractivity contribution in [2.24, 2.45) is 0 Å². The minimum Gasteiger partial charge on any atom is -0.455 e. The quantitative estimate of drug-likeness (QED) is 0.170. The molecule has 0 saturated carbocycles. The molecule has 4 nitrogen and oxygen atoms in total. The van der Waals surface area contributed by atoms with Crippen molar-refractivity contribution in [3.05, 3.63) is 200 Å². The summed E-state index contributed by atoms with van der Waals surface area (Å²) in [7, 11) is 0. The van der Waals surface area contributed by atoms with Crippen LogP contribution in [-0.2, 0) is 0 Å². The molecule has 1 aliphatic carbocycles. The van der Waals surface area contributed by atoms with Crippen LogP contribution in [0.25, 0.3) is 93.6 Å². The van der Waals surface area contributed by atoms with E-state index in [0.29, 0.717) is 0 Å². The minimum atomic E-state index is 0.819. The topological polar surface area (TPSA) is 34.5 Å². The van der Waals surface area contributed by atoms with Gasteiger partial charge in [-0.15, -0.1) is 0 Å². The summed E-state index contributed by atoms with van der Waals surface area (Å²) >= 11 is 0. The van der Waals surface area contributed by atoms with Crippen LogP contribution >= 0.6 is 0 Å². The zero-order valence-electron chi connectivity index (χ0n) is 31.6. The van der Waals surface area contributed by atoms with E-state index in [1.54, 1.807) is 0 Å². The summed E-state index contributed by atoms with van der Waals surface area (Å²) in [6, 6.07) is 64.6. The first-order chi connectivity index (χ1) is 28.8. The summed E-state index contributed by atoms with van der Waals surface area (Å²) in [6.07, 6.45) is 6.31. The lowest BCUT2D eigenvalue weighted by atomic mass is 9.97. The van der Waals surface area contributed by atoms with E-state index in [2.05, 4.69) is 198 Å². The highest BCUT2D eigenvalue weighted by Crippen LogP contribution is 2.49. The van der Waals surface area contributed by atoms with Gasteiger partial charge < -0.3 is 18.3 Å². The second-order valence-electron chi connectivity index (χ2n) is 15.2. The van der Waals surface area contributed by atoms with Crippen LogP contribution in [0.5, 0.6) is 0 Å². The highest BCUT2D eigenvalue weighted by atomic mass is 16.3. The van der Waals surface area contributed by atoms with E-state index in [1.165, 1.54) is 33.2 Å². The molecular weight excluding hydrogens is 709 g/mol. The van der Waals surface area contributed by atoms with Gasteiger partial charge in [-0.1, -0.05) is 133 Å². The Morgan fingerprint density at radius 1 is 0.414 bits per heavy atom. The van der Waals surface area contributed by atoms with Gasteiger partial charge in [0.25, 0.3) is 0 Å². The smallest absolute Gasteiger partial charge is 0.159 e. The number of furan rings is 2. The van der Waals surface area contributed by atoms with E-state index in [1.807, 2.05) is 6.07 Å². The van der Waals surface area contributed by atoms with Crippen molar-refractivity contribution >= 4 is 82.8 Å². The molecule has 0 bridgehead atoms. The molecule has 11 aromatic rings. The van der Waals surface area contributed by atoms with Gasteiger partial charge >= 0.3 is 0 Å². The van der Waals surface area contributed by atoms with Crippen LogP contribution in [0.3, 0.4) is 0 Å². The average Bonchev–Trinajstić information content (AvgIpc) is 3.98. The van der Waals surface area contributed by atoms with Crippen LogP contribution in [-0.4, -0.2) is 4.57 Å². The monoisotopic (exact) mass is 744 g/mol. The highest BCUT2D eigenvalue weighted by molar-refractivity contribution is 6.18. The van der Waals surface area contributed by atoms with Gasteiger partial charge in [0.15, 0.2) is 5.58 Å². The summed E-state index contributed by atoms with van der Waals surface area (Å²) in [6.45, 7) is 0. The van der Waals surface area contributed by atoms with Gasteiger partial charge in [-0.25, -0.2) is 0 Å². The molecule has 0 amide bonds. The lowest BCUT2D eigenvalue weighted by Gasteiger charge is -2.31. The van der Waals surface area contributed by atoms with Crippen LogP contribution in [0.1, 0.15) is 12.8 Å². The predicted octanol–water partition coefficient (Wildman–Crippen LogP) is 15.3. The normalized spacial score (nSPS) is 13.2. The lowest BCUT2D eigenvalue weighted by Crippen LogP contribution is -2.19. The third-order valence-electron chi connectivity index (χ3n) is 11.9. The van der Waals surface area contributed by atoms with Gasteiger partial charge in [0, 0.05) is 43.9 Å². The van der Waals surface area contributed by atoms with Crippen molar-refractivity contribution in [3.63, 3.8) is 0 Å². The Balaban J connectivity index is 1.12. The number of allylic oxidation sites excluding steroid dienone is 4. The molecule has 274 valence electrons. The second-order valence-corrected chi connectivity index (χ2v) is 15.2. The molecule has 12 rings (SSSR count). The Hall–Kier alpha value is -7.56. The maximum absolute atomic E-state index is 7.01. The molecule has 1 aliphatic rings. The zero-order chi connectivity index (χ0) is 38.2. The fourth-order valence-corrected chi connectivity index (χ4v) is 9.27. The standard InChI is InChI=1S/C54H36N2O2/c1-3-14-35(15-4-1)37-26-31-45-51(34-37)58-54-40(36-16-5-2-6-17-36)32-33-48(52(45)54)56(49-24-13-21-44-43-20-9-12-25-50(43)57-53(44)49)39-29-27-38(28-30-39)55-46-22-10-7-18-41(46)42-19-8-11-23-47(42)55/h1-27,29,31-34H,28,30H2. The number of aromatic nitrogens is 1. The average molecular weight is 745 g/mol. The van der Waals surface area contributed by atoms with E-state index in [0.717, 1.165) is 90.3 Å². The molecule has 0 fully saturated rings. The van der Waals surface area contributed by atoms with Crippen molar-refractivity contribution < 1.29 is 8.83 Å². The summed E-state index contributed by atoms with van der Waals surface area (Å²) in [4.78, 5) is 2.43. The van der Waals surface area contributed by atoms with Crippen molar-refractivity contribution in [2.45, 2.75) is 12.8 Å². The Morgan fingerprint density at radius 2 is 1.07 bits per heavy atom. The second kappa shape index (κ2) is 13.0. The van der Waals surface area contributed by atoms with Gasteiger partial charge in [0.05, 0.1) is 27.8 Å². The number of hydrogen-bond acceptors (Lipinski definition) is 3. The minimum absolute atomic E-state index is 0.819. The summed E-state index contributed by atoms with van der Waals surface area (Å²) < 4.78 is 16.2. The van der Waals surface area contributed by atoms with E-state index in [9.17, 15) is 0 Å². The van der Waals surface area contributed by atoms with Crippen LogP contribution < -0.4 is 4.90 Å². The maximum atomic E-state index is 7.01. The van der Waals surface area contributed by atoms with Gasteiger partial charge in [-0.3, -0.25) is 0 Å². The van der Waals surface area contributed by atoms with Gasteiger partial charge in [0.1, 0.15) is 16.7 Å². The number of para-hydroxylation sites is 4. The molecule has 0 atom stereocenters. The maximum Gasteiger partial charge on any atom is 0.159 e. The molecule has 0 saturated heterocycles. The Bertz CT molecular complexity index is 3400. The zero-order valence-corrected chi connectivity index (χ0v) is 31.6. The Kier molecular flexibility index (Phi) is 7.32. The number of nitrogens with zero attached hydrogens (tertiary/aromatic N) is 2. The molecule has 58 heavy (non-hydrogen) atoms. The number of rotatable bonds is 6. The molecule has 0 radical (unpaired) electrons. The number of fused-ring (bicyclic) bond motifs is 9. The Morgan fingerprint density at radius 3 is 1.81 bits per heavy atom. The van der Waals surface area contributed by atoms with Crippen LogP contribution in [0, 0.1) is 0 Å². The van der Waals surface area contributed by atoms with Gasteiger partial charge in [-0.2, -0.15) is 0 Å². The lowest BCUT2D eigenvalue weighted by molar-refractivity contribution is 0.667. The molecule has 0 unspecified atom stereocenters. The van der Waals surface area contributed by atoms with Gasteiger partial charge in [-0.05, 0) is 90.2 Å². The fraction of sp³-hybridized carbons (Fsp3) is 0.0370. The van der Waals surface area contributed by atoms with E-state index < -0.39 is 0 Å². The first-order valence-electron chi connectivity index (χ1n) is 20.0. The third-order valence-corrected chi connectivity index (χ3v) is 11.9. The molecule has 0 N–H and O–H groups in total. The fourth-order valence-electron chi connectivity index (χ4n) is 9.27. The molecule has 3 heterocycles. The molecule has 4 heteroatoms. The number of anilines is 2. The number of hydrogen-bond donors (Lipinski definition) is 0. The van der Waals surface area contributed by atoms with Crippen molar-refractivity contribution in [3.8, 4) is 22.3 Å². The SMILES string of the molecule is C1=C(N(c2cccc3c2oc2ccccc23)c2ccc(-c3ccccc3)c3oc4cc(-c5ccccc5)ccc4c23)CCC(n2c3ccccc3c3ccccc32)=C1. The number of benzene rings is 8. The van der Waals surface area contributed by atoms with Crippen molar-refractivity contribution in [2.75, 3.05) is 4.90 Å². The first kappa shape index (κ1) is 32.7.